The van der Waals surface area contributed by atoms with Gasteiger partial charge in [0.2, 0.25) is 15.9 Å². The van der Waals surface area contributed by atoms with Gasteiger partial charge in [0.25, 0.3) is 5.91 Å². The number of carbonyl (C=O) groups excluding carboxylic acids is 2. The molecule has 2 rings (SSSR count). The molecule has 22 heavy (non-hydrogen) atoms. The zero-order valence-electron chi connectivity index (χ0n) is 12.2. The Kier molecular flexibility index (Phi) is 5.15. The van der Waals surface area contributed by atoms with Crippen molar-refractivity contribution in [3.8, 4) is 0 Å². The average molecular weight is 326 g/mol. The van der Waals surface area contributed by atoms with Gasteiger partial charge in [-0.25, -0.2) is 12.7 Å². The van der Waals surface area contributed by atoms with Crippen LogP contribution in [0.3, 0.4) is 0 Å². The Balaban J connectivity index is 2.13. The molecule has 1 aliphatic rings. The third-order valence-electron chi connectivity index (χ3n) is 3.23. The lowest BCUT2D eigenvalue weighted by molar-refractivity contribution is -0.116. The smallest absolute Gasteiger partial charge is 0.251 e. The minimum Gasteiger partial charge on any atom is -0.385 e. The summed E-state index contributed by atoms with van der Waals surface area (Å²) in [7, 11) is -2.04. The highest BCUT2D eigenvalue weighted by atomic mass is 32.2. The fraction of sp³-hybridized carbons (Fsp3) is 0.429. The van der Waals surface area contributed by atoms with Crippen molar-refractivity contribution in [3.05, 3.63) is 29.8 Å². The number of rotatable bonds is 6. The van der Waals surface area contributed by atoms with E-state index in [0.717, 1.165) is 4.31 Å². The van der Waals surface area contributed by atoms with Crippen molar-refractivity contribution in [2.75, 3.05) is 30.3 Å². The normalized spacial score (nSPS) is 16.8. The lowest BCUT2D eigenvalue weighted by Crippen LogP contribution is -2.30. The first-order valence-corrected chi connectivity index (χ1v) is 8.49. The third kappa shape index (κ3) is 3.63. The van der Waals surface area contributed by atoms with E-state index in [9.17, 15) is 18.0 Å². The van der Waals surface area contributed by atoms with E-state index < -0.39 is 15.9 Å². The summed E-state index contributed by atoms with van der Waals surface area (Å²) in [6, 6.07) is 6.04. The van der Waals surface area contributed by atoms with Crippen molar-refractivity contribution in [3.63, 3.8) is 0 Å². The number of nitrogens with one attached hydrogen (secondary N) is 1. The summed E-state index contributed by atoms with van der Waals surface area (Å²) in [6.07, 6.45) is 0.650. The maximum atomic E-state index is 12.0. The molecule has 1 aromatic rings. The number of nitrogens with zero attached hydrogens (tertiary/aromatic N) is 1. The average Bonchev–Trinajstić information content (AvgIpc) is 2.77. The van der Waals surface area contributed by atoms with E-state index in [2.05, 4.69) is 5.32 Å². The van der Waals surface area contributed by atoms with Crippen molar-refractivity contribution in [1.29, 1.82) is 0 Å². The van der Waals surface area contributed by atoms with Crippen molar-refractivity contribution in [2.45, 2.75) is 12.8 Å². The first-order valence-electron chi connectivity index (χ1n) is 6.89. The Morgan fingerprint density at radius 3 is 2.82 bits per heavy atom. The van der Waals surface area contributed by atoms with Gasteiger partial charge < -0.3 is 10.1 Å². The second kappa shape index (κ2) is 6.89. The van der Waals surface area contributed by atoms with Gasteiger partial charge >= 0.3 is 0 Å². The van der Waals surface area contributed by atoms with Gasteiger partial charge in [0.1, 0.15) is 0 Å². The molecule has 0 spiro atoms. The molecule has 0 unspecified atom stereocenters. The fourth-order valence-electron chi connectivity index (χ4n) is 2.16. The van der Waals surface area contributed by atoms with E-state index >= 15 is 0 Å². The number of anilines is 1. The first kappa shape index (κ1) is 16.4. The number of methoxy groups -OCH3 is 1. The standard InChI is InChI=1S/C14H18N2O5S/c1-21-8-3-7-15-14(18)11-4-2-5-12(10-11)16-13(17)6-9-22(16,19)20/h2,4-5,10H,3,6-9H2,1H3,(H,15,18). The molecule has 0 radical (unpaired) electrons. The second-order valence-corrected chi connectivity index (χ2v) is 6.81. The van der Waals surface area contributed by atoms with Crippen LogP contribution >= 0.6 is 0 Å². The Morgan fingerprint density at radius 1 is 1.41 bits per heavy atom. The highest BCUT2D eigenvalue weighted by Gasteiger charge is 2.36. The molecule has 1 heterocycles. The molecule has 1 aliphatic heterocycles. The van der Waals surface area contributed by atoms with Crippen LogP contribution < -0.4 is 9.62 Å². The number of hydrogen-bond donors (Lipinski definition) is 1. The highest BCUT2D eigenvalue weighted by Crippen LogP contribution is 2.25. The zero-order valence-corrected chi connectivity index (χ0v) is 13.1. The molecular weight excluding hydrogens is 308 g/mol. The molecule has 0 atom stereocenters. The number of carbonyl (C=O) groups is 2. The van der Waals surface area contributed by atoms with E-state index in [1.54, 1.807) is 19.2 Å². The van der Waals surface area contributed by atoms with Crippen molar-refractivity contribution in [2.24, 2.45) is 0 Å². The van der Waals surface area contributed by atoms with Crippen LogP contribution in [0.2, 0.25) is 0 Å². The molecule has 120 valence electrons. The third-order valence-corrected chi connectivity index (χ3v) is 4.92. The first-order chi connectivity index (χ1) is 10.5. The monoisotopic (exact) mass is 326 g/mol. The lowest BCUT2D eigenvalue weighted by Gasteiger charge is -2.15. The SMILES string of the molecule is COCCCNC(=O)c1cccc(N2C(=O)CCS2(=O)=O)c1. The summed E-state index contributed by atoms with van der Waals surface area (Å²) < 4.78 is 29.4. The largest absolute Gasteiger partial charge is 0.385 e. The Labute approximate surface area is 129 Å². The highest BCUT2D eigenvalue weighted by molar-refractivity contribution is 7.94. The molecule has 8 heteroatoms. The number of benzene rings is 1. The van der Waals surface area contributed by atoms with Crippen LogP contribution in [0.4, 0.5) is 5.69 Å². The van der Waals surface area contributed by atoms with E-state index in [1.807, 2.05) is 0 Å². The fourth-order valence-corrected chi connectivity index (χ4v) is 3.61. The Bertz CT molecular complexity index is 672. The van der Waals surface area contributed by atoms with Crippen LogP contribution in [0.5, 0.6) is 0 Å². The molecule has 2 amide bonds. The molecule has 0 saturated carbocycles. The number of hydrogen-bond acceptors (Lipinski definition) is 5. The number of sulfonamides is 1. The van der Waals surface area contributed by atoms with E-state index in [4.69, 9.17) is 4.74 Å². The van der Waals surface area contributed by atoms with Gasteiger partial charge in [-0.3, -0.25) is 9.59 Å². The minimum atomic E-state index is -3.62. The summed E-state index contributed by atoms with van der Waals surface area (Å²) in [5.41, 5.74) is 0.511. The van der Waals surface area contributed by atoms with Gasteiger partial charge in [-0.2, -0.15) is 0 Å². The summed E-state index contributed by atoms with van der Waals surface area (Å²) in [4.78, 5) is 23.8. The van der Waals surface area contributed by atoms with Gasteiger partial charge in [0.05, 0.1) is 11.4 Å². The molecule has 0 bridgehead atoms. The Morgan fingerprint density at radius 2 is 2.18 bits per heavy atom. The summed E-state index contributed by atoms with van der Waals surface area (Å²) in [5, 5.41) is 2.71. The van der Waals surface area contributed by atoms with Gasteiger partial charge in [-0.05, 0) is 24.6 Å². The minimum absolute atomic E-state index is 0.0320. The predicted molar refractivity (Wildman–Crippen MR) is 81.2 cm³/mol. The van der Waals surface area contributed by atoms with Crippen LogP contribution in [-0.2, 0) is 19.6 Å². The van der Waals surface area contributed by atoms with E-state index in [0.29, 0.717) is 25.1 Å². The molecule has 7 nitrogen and oxygen atoms in total. The number of ether oxygens (including phenoxy) is 1. The van der Waals surface area contributed by atoms with Crippen molar-refractivity contribution in [1.82, 2.24) is 5.32 Å². The van der Waals surface area contributed by atoms with Crippen molar-refractivity contribution < 1.29 is 22.7 Å². The van der Waals surface area contributed by atoms with Gasteiger partial charge in [-0.1, -0.05) is 6.07 Å². The second-order valence-electron chi connectivity index (χ2n) is 4.88. The molecule has 0 aromatic heterocycles. The molecular formula is C14H18N2O5S. The topological polar surface area (TPSA) is 92.8 Å². The zero-order chi connectivity index (χ0) is 16.2. The van der Waals surface area contributed by atoms with Gasteiger partial charge in [0.15, 0.2) is 0 Å². The molecule has 0 aliphatic carbocycles. The lowest BCUT2D eigenvalue weighted by atomic mass is 10.2. The number of amides is 2. The molecule has 1 N–H and O–H groups in total. The molecule has 1 saturated heterocycles. The van der Waals surface area contributed by atoms with Gasteiger partial charge in [-0.15, -0.1) is 0 Å². The van der Waals surface area contributed by atoms with Crippen LogP contribution in [-0.4, -0.2) is 46.2 Å². The maximum absolute atomic E-state index is 12.0. The Hall–Kier alpha value is -1.93. The quantitative estimate of drug-likeness (QED) is 0.769. The predicted octanol–water partition coefficient (Wildman–Crippen LogP) is 0.519. The summed E-state index contributed by atoms with van der Waals surface area (Å²) in [6.45, 7) is 0.999. The summed E-state index contributed by atoms with van der Waals surface area (Å²) in [5.74, 6) is -0.987. The van der Waals surface area contributed by atoms with Gasteiger partial charge in [0, 0.05) is 32.2 Å². The van der Waals surface area contributed by atoms with E-state index in [1.165, 1.54) is 12.1 Å². The van der Waals surface area contributed by atoms with Crippen molar-refractivity contribution >= 4 is 27.5 Å². The molecule has 1 aromatic carbocycles. The van der Waals surface area contributed by atoms with Crippen LogP contribution in [0.25, 0.3) is 0 Å². The van der Waals surface area contributed by atoms with E-state index in [-0.39, 0.29) is 23.8 Å². The molecule has 1 fully saturated rings. The summed E-state index contributed by atoms with van der Waals surface area (Å²) >= 11 is 0. The van der Waals surface area contributed by atoms with Crippen LogP contribution in [0.15, 0.2) is 24.3 Å². The maximum Gasteiger partial charge on any atom is 0.251 e. The van der Waals surface area contributed by atoms with Crippen LogP contribution in [0.1, 0.15) is 23.2 Å². The van der Waals surface area contributed by atoms with Crippen LogP contribution in [0, 0.1) is 0 Å².